The van der Waals surface area contributed by atoms with Gasteiger partial charge in [0.2, 0.25) is 0 Å². The van der Waals surface area contributed by atoms with Crippen molar-refractivity contribution in [3.05, 3.63) is 53.6 Å². The molecule has 0 saturated heterocycles. The summed E-state index contributed by atoms with van der Waals surface area (Å²) in [5.74, 6) is 0.799. The number of rotatable bonds is 2. The van der Waals surface area contributed by atoms with Crippen LogP contribution >= 0.6 is 0 Å². The average Bonchev–Trinajstić information content (AvgIpc) is 2.78. The molecule has 2 aromatic carbocycles. The van der Waals surface area contributed by atoms with Gasteiger partial charge in [-0.1, -0.05) is 74.2 Å². The first-order valence-electron chi connectivity index (χ1n) is 7.67. The van der Waals surface area contributed by atoms with Gasteiger partial charge < -0.3 is 0 Å². The second kappa shape index (κ2) is 4.89. The van der Waals surface area contributed by atoms with E-state index < -0.39 is 8.07 Å². The van der Waals surface area contributed by atoms with Gasteiger partial charge in [0.05, 0.1) is 8.07 Å². The van der Waals surface area contributed by atoms with E-state index in [1.807, 2.05) is 0 Å². The molecule has 0 heterocycles. The van der Waals surface area contributed by atoms with Gasteiger partial charge in [0, 0.05) is 0 Å². The van der Waals surface area contributed by atoms with Crippen molar-refractivity contribution in [2.24, 2.45) is 5.92 Å². The lowest BCUT2D eigenvalue weighted by Gasteiger charge is -2.17. The highest BCUT2D eigenvalue weighted by Crippen LogP contribution is 2.34. The van der Waals surface area contributed by atoms with E-state index in [2.05, 4.69) is 69.0 Å². The van der Waals surface area contributed by atoms with E-state index in [-0.39, 0.29) is 0 Å². The van der Waals surface area contributed by atoms with Crippen LogP contribution in [0.2, 0.25) is 19.6 Å². The third-order valence-corrected chi connectivity index (χ3v) is 6.52. The van der Waals surface area contributed by atoms with Crippen LogP contribution in [-0.4, -0.2) is 8.07 Å². The molecule has 1 atom stereocenters. The molecular weight excluding hydrogens is 256 g/mol. The second-order valence-corrected chi connectivity index (χ2v) is 12.4. The Kier molecular flexibility index (Phi) is 3.33. The van der Waals surface area contributed by atoms with Crippen molar-refractivity contribution in [3.8, 4) is 11.1 Å². The van der Waals surface area contributed by atoms with E-state index in [0.29, 0.717) is 0 Å². The van der Waals surface area contributed by atoms with Crippen LogP contribution in [0.25, 0.3) is 11.1 Å². The summed E-state index contributed by atoms with van der Waals surface area (Å²) < 4.78 is 0. The Balaban J connectivity index is 2.01. The van der Waals surface area contributed by atoms with Gasteiger partial charge in [-0.2, -0.15) is 0 Å². The van der Waals surface area contributed by atoms with E-state index in [1.165, 1.54) is 24.0 Å². The summed E-state index contributed by atoms with van der Waals surface area (Å²) in [6.07, 6.45) is 2.48. The summed E-state index contributed by atoms with van der Waals surface area (Å²) in [6, 6.07) is 16.2. The maximum absolute atomic E-state index is 2.41. The summed E-state index contributed by atoms with van der Waals surface area (Å²) in [4.78, 5) is 0. The summed E-state index contributed by atoms with van der Waals surface area (Å²) in [7, 11) is -1.19. The highest BCUT2D eigenvalue weighted by atomic mass is 28.3. The largest absolute Gasteiger partial charge is 0.0775 e. The van der Waals surface area contributed by atoms with Gasteiger partial charge in [0.25, 0.3) is 0 Å². The summed E-state index contributed by atoms with van der Waals surface area (Å²) >= 11 is 0. The summed E-state index contributed by atoms with van der Waals surface area (Å²) in [5, 5.41) is 1.54. The van der Waals surface area contributed by atoms with E-state index in [0.717, 1.165) is 5.92 Å². The van der Waals surface area contributed by atoms with Gasteiger partial charge in [-0.3, -0.25) is 0 Å². The normalized spacial score (nSPS) is 18.1. The Labute approximate surface area is 123 Å². The van der Waals surface area contributed by atoms with Crippen LogP contribution in [0.15, 0.2) is 42.5 Å². The van der Waals surface area contributed by atoms with Crippen LogP contribution in [0.5, 0.6) is 0 Å². The lowest BCUT2D eigenvalue weighted by molar-refractivity contribution is 0.628. The van der Waals surface area contributed by atoms with Crippen LogP contribution in [0.1, 0.15) is 18.1 Å². The lowest BCUT2D eigenvalue weighted by atomic mass is 9.97. The highest BCUT2D eigenvalue weighted by molar-refractivity contribution is 6.88. The number of hydrogen-bond acceptors (Lipinski definition) is 0. The molecule has 2 aromatic rings. The molecular formula is C19H24Si. The molecule has 1 unspecified atom stereocenters. The van der Waals surface area contributed by atoms with Crippen molar-refractivity contribution in [2.75, 3.05) is 0 Å². The van der Waals surface area contributed by atoms with Crippen molar-refractivity contribution < 1.29 is 0 Å². The molecule has 0 fully saturated rings. The Bertz CT molecular complexity index is 617. The second-order valence-electron chi connectivity index (χ2n) is 7.28. The Morgan fingerprint density at radius 1 is 0.900 bits per heavy atom. The minimum atomic E-state index is -1.19. The van der Waals surface area contributed by atoms with Gasteiger partial charge in [0.1, 0.15) is 0 Å². The fourth-order valence-electron chi connectivity index (χ4n) is 3.28. The summed E-state index contributed by atoms with van der Waals surface area (Å²) in [6.45, 7) is 9.58. The zero-order valence-electron chi connectivity index (χ0n) is 13.0. The zero-order valence-corrected chi connectivity index (χ0v) is 14.0. The molecule has 1 aliphatic rings. The van der Waals surface area contributed by atoms with Crippen LogP contribution in [0, 0.1) is 5.92 Å². The lowest BCUT2D eigenvalue weighted by Crippen LogP contribution is -2.37. The van der Waals surface area contributed by atoms with Crippen molar-refractivity contribution in [1.29, 1.82) is 0 Å². The molecule has 0 spiro atoms. The van der Waals surface area contributed by atoms with Gasteiger partial charge in [-0.25, -0.2) is 0 Å². The quantitative estimate of drug-likeness (QED) is 0.703. The monoisotopic (exact) mass is 280 g/mol. The van der Waals surface area contributed by atoms with E-state index >= 15 is 0 Å². The smallest absolute Gasteiger partial charge is 0.0656 e. The molecule has 0 radical (unpaired) electrons. The van der Waals surface area contributed by atoms with Crippen LogP contribution in [0.3, 0.4) is 0 Å². The van der Waals surface area contributed by atoms with Gasteiger partial charge in [-0.05, 0) is 41.0 Å². The van der Waals surface area contributed by atoms with Crippen molar-refractivity contribution in [3.63, 3.8) is 0 Å². The van der Waals surface area contributed by atoms with E-state index in [4.69, 9.17) is 0 Å². The number of hydrogen-bond donors (Lipinski definition) is 0. The predicted octanol–water partition coefficient (Wildman–Crippen LogP) is 4.63. The molecule has 0 amide bonds. The van der Waals surface area contributed by atoms with E-state index in [1.54, 1.807) is 16.3 Å². The highest BCUT2D eigenvalue weighted by Gasteiger charge is 2.21. The number of fused-ring (bicyclic) bond motifs is 1. The maximum atomic E-state index is 2.41. The van der Waals surface area contributed by atoms with Crippen molar-refractivity contribution in [1.82, 2.24) is 0 Å². The topological polar surface area (TPSA) is 0 Å². The Morgan fingerprint density at radius 2 is 1.60 bits per heavy atom. The molecule has 0 aliphatic heterocycles. The molecule has 0 N–H and O–H groups in total. The third kappa shape index (κ3) is 2.47. The Morgan fingerprint density at radius 3 is 2.25 bits per heavy atom. The SMILES string of the molecule is CC1Cc2cccc(-c3ccc([Si](C)(C)C)cc3)c2C1. The summed E-state index contributed by atoms with van der Waals surface area (Å²) in [5.41, 5.74) is 5.98. The maximum Gasteiger partial charge on any atom is 0.0775 e. The molecule has 20 heavy (non-hydrogen) atoms. The fraction of sp³-hybridized carbons (Fsp3) is 0.368. The first-order valence-corrected chi connectivity index (χ1v) is 11.2. The molecule has 0 aromatic heterocycles. The average molecular weight is 280 g/mol. The Hall–Kier alpha value is -1.34. The molecule has 1 heteroatoms. The minimum Gasteiger partial charge on any atom is -0.0656 e. The van der Waals surface area contributed by atoms with Gasteiger partial charge in [-0.15, -0.1) is 0 Å². The molecule has 0 saturated carbocycles. The van der Waals surface area contributed by atoms with Crippen LogP contribution < -0.4 is 5.19 Å². The van der Waals surface area contributed by atoms with E-state index in [9.17, 15) is 0 Å². The fourth-order valence-corrected chi connectivity index (χ4v) is 4.45. The molecule has 0 nitrogen and oxygen atoms in total. The molecule has 0 bridgehead atoms. The molecule has 104 valence electrons. The van der Waals surface area contributed by atoms with Crippen LogP contribution in [0.4, 0.5) is 0 Å². The molecule has 3 rings (SSSR count). The third-order valence-electron chi connectivity index (χ3n) is 4.46. The zero-order chi connectivity index (χ0) is 14.3. The first-order chi connectivity index (χ1) is 9.45. The van der Waals surface area contributed by atoms with Gasteiger partial charge >= 0.3 is 0 Å². The van der Waals surface area contributed by atoms with Crippen molar-refractivity contribution in [2.45, 2.75) is 39.4 Å². The number of benzene rings is 2. The van der Waals surface area contributed by atoms with Gasteiger partial charge in [0.15, 0.2) is 0 Å². The van der Waals surface area contributed by atoms with Crippen molar-refractivity contribution >= 4 is 13.3 Å². The molecule has 1 aliphatic carbocycles. The van der Waals surface area contributed by atoms with Crippen LogP contribution in [-0.2, 0) is 12.8 Å². The minimum absolute atomic E-state index is 0.799. The standard InChI is InChI=1S/C19H24Si/c1-14-12-16-6-5-7-18(19(16)13-14)15-8-10-17(11-9-15)20(2,3)4/h5-11,14H,12-13H2,1-4H3. The first kappa shape index (κ1) is 13.6. The predicted molar refractivity (Wildman–Crippen MR) is 91.4 cm³/mol.